The van der Waals surface area contributed by atoms with E-state index in [-0.39, 0.29) is 20.1 Å². The Morgan fingerprint density at radius 3 is 2.68 bits per heavy atom. The molecule has 2 rings (SSSR count). The molecule has 0 saturated carbocycles. The molecule has 0 saturated heterocycles. The maximum Gasteiger partial charge on any atom is 0.265 e. The Kier molecular flexibility index (Phi) is 4.57. The quantitative estimate of drug-likeness (QED) is 0.851. The molecule has 1 aromatic heterocycles. The fraction of sp³-hybridized carbons (Fsp3) is 0.111. The minimum atomic E-state index is -3.83. The number of halogens is 2. The number of nitrogens with zero attached hydrogens (tertiary/aromatic N) is 2. The molecule has 0 atom stereocenters. The first-order valence-electron chi connectivity index (χ1n) is 4.78. The fourth-order valence-electron chi connectivity index (χ4n) is 1.19. The lowest BCUT2D eigenvalue weighted by Crippen LogP contribution is -2.13. The summed E-state index contributed by atoms with van der Waals surface area (Å²) in [5, 5.41) is 8.08. The minimum Gasteiger partial charge on any atom is -0.253 e. The van der Waals surface area contributed by atoms with Gasteiger partial charge >= 0.3 is 0 Å². The molecule has 19 heavy (non-hydrogen) atoms. The van der Waals surface area contributed by atoms with Crippen molar-refractivity contribution in [3.8, 4) is 0 Å². The summed E-state index contributed by atoms with van der Waals surface area (Å²) in [6.07, 6.45) is 1.83. The van der Waals surface area contributed by atoms with E-state index < -0.39 is 10.0 Å². The number of sulfonamides is 1. The molecule has 0 fully saturated rings. The number of rotatable bonds is 4. The van der Waals surface area contributed by atoms with Crippen LogP contribution in [0.2, 0.25) is 10.0 Å². The number of aromatic nitrogens is 2. The first-order valence-corrected chi connectivity index (χ1v) is 9.06. The Hall–Kier alpha value is -0.540. The summed E-state index contributed by atoms with van der Waals surface area (Å²) < 4.78 is 27.3. The van der Waals surface area contributed by atoms with Crippen molar-refractivity contribution < 1.29 is 8.42 Å². The molecule has 0 aliphatic carbocycles. The first kappa shape index (κ1) is 14.9. The van der Waals surface area contributed by atoms with Gasteiger partial charge in [-0.2, -0.15) is 0 Å². The van der Waals surface area contributed by atoms with Gasteiger partial charge in [0.25, 0.3) is 10.0 Å². The lowest BCUT2D eigenvalue weighted by molar-refractivity contribution is 0.601. The minimum absolute atomic E-state index is 0.0894. The molecule has 5 nitrogen and oxygen atoms in total. The van der Waals surface area contributed by atoms with Crippen LogP contribution in [-0.2, 0) is 10.0 Å². The van der Waals surface area contributed by atoms with Crippen molar-refractivity contribution in [1.82, 2.24) is 10.2 Å². The molecular weight excluding hydrogens is 349 g/mol. The largest absolute Gasteiger partial charge is 0.265 e. The molecular formula is C9H7Cl2N3O2S3. The number of benzene rings is 1. The van der Waals surface area contributed by atoms with Crippen molar-refractivity contribution in [2.24, 2.45) is 0 Å². The summed E-state index contributed by atoms with van der Waals surface area (Å²) in [7, 11) is -3.83. The zero-order chi connectivity index (χ0) is 14.0. The predicted molar refractivity (Wildman–Crippen MR) is 79.0 cm³/mol. The molecule has 102 valence electrons. The molecule has 1 heterocycles. The van der Waals surface area contributed by atoms with Gasteiger partial charge in [0, 0.05) is 5.02 Å². The highest BCUT2D eigenvalue weighted by Crippen LogP contribution is 2.29. The van der Waals surface area contributed by atoms with E-state index in [0.29, 0.717) is 4.34 Å². The highest BCUT2D eigenvalue weighted by Gasteiger charge is 2.20. The highest BCUT2D eigenvalue weighted by atomic mass is 35.5. The number of anilines is 1. The molecule has 0 aliphatic rings. The molecule has 10 heteroatoms. The van der Waals surface area contributed by atoms with Crippen LogP contribution in [0.4, 0.5) is 5.13 Å². The summed E-state index contributed by atoms with van der Waals surface area (Å²) in [5.74, 6) is 0. The number of nitrogens with one attached hydrogen (secondary N) is 1. The zero-order valence-corrected chi connectivity index (χ0v) is 13.4. The topological polar surface area (TPSA) is 72.0 Å². The normalized spacial score (nSPS) is 11.5. The molecule has 0 spiro atoms. The summed E-state index contributed by atoms with van der Waals surface area (Å²) in [6, 6.07) is 4.22. The van der Waals surface area contributed by atoms with Gasteiger partial charge < -0.3 is 0 Å². The summed E-state index contributed by atoms with van der Waals surface area (Å²) in [5.41, 5.74) is 0. The van der Waals surface area contributed by atoms with Gasteiger partial charge in [0.05, 0.1) is 5.02 Å². The molecule has 0 radical (unpaired) electrons. The van der Waals surface area contributed by atoms with E-state index in [1.54, 1.807) is 0 Å². The third-order valence-corrected chi connectivity index (χ3v) is 5.98. The van der Waals surface area contributed by atoms with Gasteiger partial charge in [-0.05, 0) is 24.5 Å². The van der Waals surface area contributed by atoms with Crippen molar-refractivity contribution in [2.45, 2.75) is 9.24 Å². The lowest BCUT2D eigenvalue weighted by atomic mass is 10.4. The Morgan fingerprint density at radius 1 is 1.32 bits per heavy atom. The van der Waals surface area contributed by atoms with E-state index in [2.05, 4.69) is 14.9 Å². The van der Waals surface area contributed by atoms with Crippen molar-refractivity contribution >= 4 is 61.5 Å². The average Bonchev–Trinajstić information content (AvgIpc) is 2.79. The van der Waals surface area contributed by atoms with Crippen LogP contribution in [0.1, 0.15) is 0 Å². The van der Waals surface area contributed by atoms with Gasteiger partial charge in [0.2, 0.25) is 5.13 Å². The summed E-state index contributed by atoms with van der Waals surface area (Å²) >= 11 is 14.2. The predicted octanol–water partition coefficient (Wildman–Crippen LogP) is 3.37. The Labute approximate surface area is 128 Å². The number of hydrogen-bond acceptors (Lipinski definition) is 6. The first-order chi connectivity index (χ1) is 8.92. The fourth-order valence-corrected chi connectivity index (χ4v) is 4.35. The van der Waals surface area contributed by atoms with Gasteiger partial charge in [-0.1, -0.05) is 46.3 Å². The van der Waals surface area contributed by atoms with Crippen molar-refractivity contribution in [2.75, 3.05) is 11.0 Å². The van der Waals surface area contributed by atoms with Crippen molar-refractivity contribution in [1.29, 1.82) is 0 Å². The maximum absolute atomic E-state index is 12.2. The highest BCUT2D eigenvalue weighted by molar-refractivity contribution is 8.00. The Morgan fingerprint density at radius 2 is 2.05 bits per heavy atom. The third-order valence-electron chi connectivity index (χ3n) is 1.99. The monoisotopic (exact) mass is 355 g/mol. The van der Waals surface area contributed by atoms with Crippen LogP contribution in [0.5, 0.6) is 0 Å². The van der Waals surface area contributed by atoms with Crippen LogP contribution in [-0.4, -0.2) is 24.9 Å². The van der Waals surface area contributed by atoms with E-state index in [1.807, 2.05) is 6.26 Å². The van der Waals surface area contributed by atoms with E-state index in [1.165, 1.54) is 30.0 Å². The lowest BCUT2D eigenvalue weighted by Gasteiger charge is -2.06. The van der Waals surface area contributed by atoms with Crippen LogP contribution in [0, 0.1) is 0 Å². The average molecular weight is 356 g/mol. The Bertz CT molecular complexity index is 702. The standard InChI is InChI=1S/C9H7Cl2N3O2S3/c1-17-9-13-12-8(18-9)14-19(15,16)7-4-5(10)2-3-6(7)11/h2-4H,1H3,(H,12,14). The van der Waals surface area contributed by atoms with E-state index in [9.17, 15) is 8.42 Å². The number of hydrogen-bond donors (Lipinski definition) is 1. The van der Waals surface area contributed by atoms with Crippen LogP contribution in [0.3, 0.4) is 0 Å². The van der Waals surface area contributed by atoms with Crippen LogP contribution in [0.25, 0.3) is 0 Å². The molecule has 0 unspecified atom stereocenters. The van der Waals surface area contributed by atoms with Crippen LogP contribution in [0.15, 0.2) is 27.4 Å². The zero-order valence-electron chi connectivity index (χ0n) is 9.42. The second-order valence-electron chi connectivity index (χ2n) is 3.26. The summed E-state index contributed by atoms with van der Waals surface area (Å²) in [6.45, 7) is 0. The molecule has 0 aliphatic heterocycles. The van der Waals surface area contributed by atoms with Gasteiger partial charge in [0.15, 0.2) is 4.34 Å². The molecule has 0 amide bonds. The molecule has 1 aromatic carbocycles. The second kappa shape index (κ2) is 5.84. The van der Waals surface area contributed by atoms with Crippen molar-refractivity contribution in [3.05, 3.63) is 28.2 Å². The van der Waals surface area contributed by atoms with E-state index >= 15 is 0 Å². The van der Waals surface area contributed by atoms with Gasteiger partial charge in [0.1, 0.15) is 4.90 Å². The third kappa shape index (κ3) is 3.51. The molecule has 0 bridgehead atoms. The maximum atomic E-state index is 12.2. The van der Waals surface area contributed by atoms with E-state index in [0.717, 1.165) is 11.3 Å². The second-order valence-corrected chi connectivity index (χ2v) is 7.78. The van der Waals surface area contributed by atoms with Gasteiger partial charge in [-0.15, -0.1) is 10.2 Å². The summed E-state index contributed by atoms with van der Waals surface area (Å²) in [4.78, 5) is -0.0948. The number of thioether (sulfide) groups is 1. The van der Waals surface area contributed by atoms with Crippen LogP contribution < -0.4 is 4.72 Å². The van der Waals surface area contributed by atoms with Gasteiger partial charge in [-0.3, -0.25) is 4.72 Å². The van der Waals surface area contributed by atoms with Crippen LogP contribution >= 0.6 is 46.3 Å². The van der Waals surface area contributed by atoms with E-state index in [4.69, 9.17) is 23.2 Å². The van der Waals surface area contributed by atoms with Gasteiger partial charge in [-0.25, -0.2) is 8.42 Å². The molecule has 2 aromatic rings. The Balaban J connectivity index is 2.34. The van der Waals surface area contributed by atoms with Crippen molar-refractivity contribution in [3.63, 3.8) is 0 Å². The smallest absolute Gasteiger partial charge is 0.253 e. The molecule has 1 N–H and O–H groups in total. The SMILES string of the molecule is CSc1nnc(NS(=O)(=O)c2cc(Cl)ccc2Cl)s1.